The third kappa shape index (κ3) is 5.30. The summed E-state index contributed by atoms with van der Waals surface area (Å²) in [6, 6.07) is 4.12. The van der Waals surface area contributed by atoms with Crippen LogP contribution in [-0.2, 0) is 4.74 Å². The van der Waals surface area contributed by atoms with E-state index in [4.69, 9.17) is 10.00 Å². The van der Waals surface area contributed by atoms with E-state index in [9.17, 15) is 0 Å². The number of anilines is 1. The molecule has 0 amide bonds. The Hall–Kier alpha value is -2.75. The Bertz CT molecular complexity index is 895. The van der Waals surface area contributed by atoms with E-state index in [1.807, 2.05) is 6.07 Å². The molecule has 0 aromatic carbocycles. The van der Waals surface area contributed by atoms with Gasteiger partial charge in [-0.15, -0.1) is 0 Å². The van der Waals surface area contributed by atoms with Crippen LogP contribution in [0.25, 0.3) is 0 Å². The SMILES string of the molecule is C/C=C(C#N)\N=C/CNc1cc(C2CCC(OC(NC3(C)CCC3)=C3CCC3)C2)n[nH]1. The van der Waals surface area contributed by atoms with Crippen molar-refractivity contribution < 1.29 is 4.74 Å². The molecule has 2 atom stereocenters. The van der Waals surface area contributed by atoms with Crippen LogP contribution in [0.5, 0.6) is 0 Å². The Kier molecular flexibility index (Phi) is 6.64. The van der Waals surface area contributed by atoms with Crippen LogP contribution in [0.15, 0.2) is 34.3 Å². The summed E-state index contributed by atoms with van der Waals surface area (Å²) in [6.45, 7) is 4.66. The summed E-state index contributed by atoms with van der Waals surface area (Å²) in [5.74, 6) is 2.38. The van der Waals surface area contributed by atoms with E-state index in [-0.39, 0.29) is 11.6 Å². The van der Waals surface area contributed by atoms with Gasteiger partial charge < -0.3 is 15.4 Å². The van der Waals surface area contributed by atoms with Crippen LogP contribution < -0.4 is 10.6 Å². The van der Waals surface area contributed by atoms with Crippen LogP contribution in [0, 0.1) is 11.3 Å². The van der Waals surface area contributed by atoms with E-state index in [1.54, 1.807) is 19.2 Å². The van der Waals surface area contributed by atoms with Crippen molar-refractivity contribution in [1.82, 2.24) is 15.5 Å². The minimum absolute atomic E-state index is 0.225. The number of aliphatic imine (C=N–C) groups is 1. The van der Waals surface area contributed by atoms with Gasteiger partial charge in [-0.3, -0.25) is 5.10 Å². The summed E-state index contributed by atoms with van der Waals surface area (Å²) in [6.07, 6.45) is 14.3. The average Bonchev–Trinajstić information content (AvgIpc) is 3.35. The first-order valence-electron chi connectivity index (χ1n) is 11.6. The molecule has 0 radical (unpaired) electrons. The maximum absolute atomic E-state index is 8.88. The number of hydrogen-bond donors (Lipinski definition) is 3. The van der Waals surface area contributed by atoms with Crippen molar-refractivity contribution in [2.45, 2.75) is 89.2 Å². The largest absolute Gasteiger partial charge is 0.476 e. The number of aromatic nitrogens is 2. The summed E-state index contributed by atoms with van der Waals surface area (Å²) >= 11 is 0. The van der Waals surface area contributed by atoms with Crippen LogP contribution >= 0.6 is 0 Å². The molecule has 1 aromatic rings. The van der Waals surface area contributed by atoms with Gasteiger partial charge in [0.25, 0.3) is 0 Å². The molecule has 3 aliphatic rings. The van der Waals surface area contributed by atoms with Crippen LogP contribution in [-0.4, -0.2) is 34.6 Å². The van der Waals surface area contributed by atoms with Gasteiger partial charge in [0.05, 0.1) is 12.2 Å². The number of aromatic amines is 1. The van der Waals surface area contributed by atoms with Crippen molar-refractivity contribution in [1.29, 1.82) is 5.26 Å². The van der Waals surface area contributed by atoms with Crippen molar-refractivity contribution in [3.8, 4) is 6.07 Å². The minimum atomic E-state index is 0.225. The van der Waals surface area contributed by atoms with E-state index in [0.29, 0.717) is 18.2 Å². The zero-order chi connectivity index (χ0) is 21.7. The predicted molar refractivity (Wildman–Crippen MR) is 123 cm³/mol. The highest BCUT2D eigenvalue weighted by Gasteiger charge is 2.36. The molecule has 3 N–H and O–H groups in total. The second kappa shape index (κ2) is 9.59. The van der Waals surface area contributed by atoms with Crippen LogP contribution in [0.4, 0.5) is 5.82 Å². The number of rotatable bonds is 9. The van der Waals surface area contributed by atoms with Crippen molar-refractivity contribution in [2.24, 2.45) is 4.99 Å². The molecule has 0 saturated heterocycles. The third-order valence-electron chi connectivity index (χ3n) is 6.84. The molecule has 1 heterocycles. The Labute approximate surface area is 185 Å². The smallest absolute Gasteiger partial charge is 0.186 e. The molecule has 31 heavy (non-hydrogen) atoms. The molecule has 0 bridgehead atoms. The molecular weight excluding hydrogens is 388 g/mol. The average molecular weight is 423 g/mol. The number of nitriles is 1. The first-order valence-corrected chi connectivity index (χ1v) is 11.6. The maximum atomic E-state index is 8.88. The van der Waals surface area contributed by atoms with E-state index >= 15 is 0 Å². The summed E-state index contributed by atoms with van der Waals surface area (Å²) in [7, 11) is 0. The Balaban J connectivity index is 1.28. The van der Waals surface area contributed by atoms with Gasteiger partial charge in [-0.2, -0.15) is 10.4 Å². The summed E-state index contributed by atoms with van der Waals surface area (Å²) < 4.78 is 6.53. The lowest BCUT2D eigenvalue weighted by Crippen LogP contribution is -2.48. The van der Waals surface area contributed by atoms with Gasteiger partial charge in [0.2, 0.25) is 0 Å². The molecule has 1 aromatic heterocycles. The molecule has 3 saturated carbocycles. The van der Waals surface area contributed by atoms with Crippen LogP contribution in [0.3, 0.4) is 0 Å². The molecule has 4 rings (SSSR count). The number of ether oxygens (including phenoxy) is 1. The maximum Gasteiger partial charge on any atom is 0.186 e. The van der Waals surface area contributed by atoms with Crippen LogP contribution in [0.2, 0.25) is 0 Å². The topological polar surface area (TPSA) is 98.1 Å². The monoisotopic (exact) mass is 422 g/mol. The van der Waals surface area contributed by atoms with Crippen molar-refractivity contribution in [3.05, 3.63) is 35.0 Å². The number of H-pyrrole nitrogens is 1. The number of allylic oxidation sites excluding steroid dienone is 3. The Morgan fingerprint density at radius 2 is 2.23 bits per heavy atom. The quantitative estimate of drug-likeness (QED) is 0.299. The fourth-order valence-corrected chi connectivity index (χ4v) is 4.47. The van der Waals surface area contributed by atoms with Gasteiger partial charge in [-0.05, 0) is 77.2 Å². The van der Waals surface area contributed by atoms with E-state index in [1.165, 1.54) is 44.1 Å². The third-order valence-corrected chi connectivity index (χ3v) is 6.84. The normalized spacial score (nSPS) is 24.9. The van der Waals surface area contributed by atoms with E-state index in [2.05, 4.69) is 38.8 Å². The zero-order valence-electron chi connectivity index (χ0n) is 18.7. The summed E-state index contributed by atoms with van der Waals surface area (Å²) in [4.78, 5) is 4.11. The molecule has 0 aliphatic heterocycles. The first kappa shape index (κ1) is 21.5. The number of hydrogen-bond acceptors (Lipinski definition) is 6. The highest BCUT2D eigenvalue weighted by atomic mass is 16.5. The second-order valence-electron chi connectivity index (χ2n) is 9.26. The van der Waals surface area contributed by atoms with E-state index < -0.39 is 0 Å². The van der Waals surface area contributed by atoms with Crippen molar-refractivity contribution in [2.75, 3.05) is 11.9 Å². The van der Waals surface area contributed by atoms with E-state index in [0.717, 1.165) is 36.7 Å². The van der Waals surface area contributed by atoms with Crippen LogP contribution in [0.1, 0.15) is 83.2 Å². The minimum Gasteiger partial charge on any atom is -0.476 e. The van der Waals surface area contributed by atoms with Gasteiger partial charge in [0, 0.05) is 23.7 Å². The standard InChI is InChI=1S/C24H34N6O/c1-3-19(16-25)26-12-13-27-22-15-21(29-30-22)18-8-9-20(14-18)31-23(17-6-4-7-17)28-24(2)10-5-11-24/h3,12,15,18,20,28H,4-11,13-14H2,1-2H3,(H2,27,29,30)/b19-3-,26-12-. The number of nitrogens with one attached hydrogen (secondary N) is 3. The lowest BCUT2D eigenvalue weighted by atomic mass is 9.78. The molecular formula is C24H34N6O. The Morgan fingerprint density at radius 3 is 2.87 bits per heavy atom. The molecule has 166 valence electrons. The van der Waals surface area contributed by atoms with Crippen molar-refractivity contribution in [3.63, 3.8) is 0 Å². The highest BCUT2D eigenvalue weighted by Crippen LogP contribution is 2.40. The zero-order valence-corrected chi connectivity index (χ0v) is 18.7. The predicted octanol–water partition coefficient (Wildman–Crippen LogP) is 4.90. The lowest BCUT2D eigenvalue weighted by Gasteiger charge is -2.42. The number of nitrogens with zero attached hydrogens (tertiary/aromatic N) is 3. The fourth-order valence-electron chi connectivity index (χ4n) is 4.47. The molecule has 3 fully saturated rings. The fraction of sp³-hybridized carbons (Fsp3) is 0.625. The molecule has 7 nitrogen and oxygen atoms in total. The van der Waals surface area contributed by atoms with Gasteiger partial charge >= 0.3 is 0 Å². The second-order valence-corrected chi connectivity index (χ2v) is 9.26. The lowest BCUT2D eigenvalue weighted by molar-refractivity contribution is 0.0723. The highest BCUT2D eigenvalue weighted by molar-refractivity contribution is 5.65. The molecule has 2 unspecified atom stereocenters. The Morgan fingerprint density at radius 1 is 1.39 bits per heavy atom. The summed E-state index contributed by atoms with van der Waals surface area (Å²) in [5.41, 5.74) is 3.21. The molecule has 3 aliphatic carbocycles. The molecule has 7 heteroatoms. The van der Waals surface area contributed by atoms with Gasteiger partial charge in [-0.1, -0.05) is 6.08 Å². The summed E-state index contributed by atoms with van der Waals surface area (Å²) in [5, 5.41) is 23.5. The van der Waals surface area contributed by atoms with Crippen molar-refractivity contribution >= 4 is 12.0 Å². The first-order chi connectivity index (χ1) is 15.1. The molecule has 0 spiro atoms. The van der Waals surface area contributed by atoms with Gasteiger partial charge in [0.1, 0.15) is 23.7 Å². The van der Waals surface area contributed by atoms with Gasteiger partial charge in [-0.25, -0.2) is 4.99 Å². The van der Waals surface area contributed by atoms with Gasteiger partial charge in [0.15, 0.2) is 5.88 Å².